The second-order valence-electron chi connectivity index (χ2n) is 5.01. The summed E-state index contributed by atoms with van der Waals surface area (Å²) in [5, 5.41) is 0. The quantitative estimate of drug-likeness (QED) is 0.674. The maximum absolute atomic E-state index is 13.2. The molecule has 23 heavy (non-hydrogen) atoms. The van der Waals surface area contributed by atoms with E-state index in [2.05, 4.69) is 9.98 Å². The van der Waals surface area contributed by atoms with Crippen LogP contribution in [0.1, 0.15) is 12.6 Å². The topological polar surface area (TPSA) is 63.7 Å². The fourth-order valence-electron chi connectivity index (χ4n) is 1.74. The van der Waals surface area contributed by atoms with Crippen LogP contribution in [0.25, 0.3) is 0 Å². The molecule has 0 spiro atoms. The highest BCUT2D eigenvalue weighted by Gasteiger charge is 2.10. The first-order valence-electron chi connectivity index (χ1n) is 7.04. The number of rotatable bonds is 5. The summed E-state index contributed by atoms with van der Waals surface area (Å²) in [7, 11) is 1.89. The SMILES string of the molecule is CCN(C)/C=N/c1cc(N)c(Oc2cc(F)cc(F)c2)nc1C. The zero-order valence-corrected chi connectivity index (χ0v) is 13.2. The van der Waals surface area contributed by atoms with Crippen molar-refractivity contribution in [3.63, 3.8) is 0 Å². The number of ether oxygens (including phenoxy) is 1. The second-order valence-corrected chi connectivity index (χ2v) is 5.01. The molecule has 0 aliphatic carbocycles. The van der Waals surface area contributed by atoms with Gasteiger partial charge >= 0.3 is 0 Å². The van der Waals surface area contributed by atoms with E-state index in [9.17, 15) is 8.78 Å². The first-order chi connectivity index (χ1) is 10.9. The zero-order valence-electron chi connectivity index (χ0n) is 13.2. The van der Waals surface area contributed by atoms with Crippen molar-refractivity contribution < 1.29 is 13.5 Å². The Kier molecular flexibility index (Phi) is 5.10. The lowest BCUT2D eigenvalue weighted by molar-refractivity contribution is 0.452. The summed E-state index contributed by atoms with van der Waals surface area (Å²) in [6.07, 6.45) is 1.67. The summed E-state index contributed by atoms with van der Waals surface area (Å²) in [6, 6.07) is 4.48. The highest BCUT2D eigenvalue weighted by atomic mass is 19.1. The number of aryl methyl sites for hydroxylation is 1. The van der Waals surface area contributed by atoms with Crippen molar-refractivity contribution in [2.24, 2.45) is 4.99 Å². The van der Waals surface area contributed by atoms with Crippen molar-refractivity contribution in [3.05, 3.63) is 41.6 Å². The van der Waals surface area contributed by atoms with Gasteiger partial charge in [0.15, 0.2) is 0 Å². The lowest BCUT2D eigenvalue weighted by Gasteiger charge is -2.11. The lowest BCUT2D eigenvalue weighted by Crippen LogP contribution is -2.14. The highest BCUT2D eigenvalue weighted by molar-refractivity contribution is 5.66. The molecule has 1 aromatic heterocycles. The third-order valence-corrected chi connectivity index (χ3v) is 3.12. The van der Waals surface area contributed by atoms with Gasteiger partial charge in [0.2, 0.25) is 5.88 Å². The Labute approximate surface area is 133 Å². The summed E-state index contributed by atoms with van der Waals surface area (Å²) in [4.78, 5) is 10.4. The van der Waals surface area contributed by atoms with Crippen LogP contribution in [-0.2, 0) is 0 Å². The molecule has 0 saturated heterocycles. The van der Waals surface area contributed by atoms with E-state index >= 15 is 0 Å². The van der Waals surface area contributed by atoms with Gasteiger partial charge in [-0.15, -0.1) is 0 Å². The Morgan fingerprint density at radius 1 is 1.26 bits per heavy atom. The standard InChI is InChI=1S/C16H18F2N4O/c1-4-22(3)9-20-15-8-14(19)16(21-10(15)2)23-13-6-11(17)5-12(18)7-13/h5-9H,4,19H2,1-3H3/b20-9+. The van der Waals surface area contributed by atoms with E-state index in [1.165, 1.54) is 0 Å². The van der Waals surface area contributed by atoms with Crippen molar-refractivity contribution in [2.75, 3.05) is 19.3 Å². The van der Waals surface area contributed by atoms with E-state index in [1.807, 2.05) is 18.9 Å². The third kappa shape index (κ3) is 4.38. The largest absolute Gasteiger partial charge is 0.437 e. The minimum absolute atomic E-state index is 0.0110. The van der Waals surface area contributed by atoms with Gasteiger partial charge in [-0.1, -0.05) is 0 Å². The van der Waals surface area contributed by atoms with Crippen LogP contribution in [0.15, 0.2) is 29.3 Å². The molecule has 0 unspecified atom stereocenters. The summed E-state index contributed by atoms with van der Waals surface area (Å²) in [5.74, 6) is -1.41. The third-order valence-electron chi connectivity index (χ3n) is 3.12. The summed E-state index contributed by atoms with van der Waals surface area (Å²) in [6.45, 7) is 4.56. The molecule has 0 bridgehead atoms. The molecule has 2 N–H and O–H groups in total. The number of benzene rings is 1. The molecule has 0 amide bonds. The Morgan fingerprint density at radius 3 is 2.52 bits per heavy atom. The molecule has 0 aliphatic rings. The van der Waals surface area contributed by atoms with Gasteiger partial charge < -0.3 is 15.4 Å². The van der Waals surface area contributed by atoms with E-state index in [0.717, 1.165) is 24.7 Å². The number of nitrogens with two attached hydrogens (primary N) is 1. The Morgan fingerprint density at radius 2 is 1.91 bits per heavy atom. The number of hydrogen-bond donors (Lipinski definition) is 1. The number of hydrogen-bond acceptors (Lipinski definition) is 4. The molecule has 1 heterocycles. The van der Waals surface area contributed by atoms with E-state index < -0.39 is 11.6 Å². The molecule has 122 valence electrons. The number of anilines is 1. The van der Waals surface area contributed by atoms with Crippen LogP contribution in [0.2, 0.25) is 0 Å². The molecule has 0 saturated carbocycles. The minimum atomic E-state index is -0.737. The molecule has 1 aromatic carbocycles. The number of halogens is 2. The van der Waals surface area contributed by atoms with Crippen molar-refractivity contribution in [2.45, 2.75) is 13.8 Å². The van der Waals surface area contributed by atoms with Gasteiger partial charge in [0.05, 0.1) is 23.4 Å². The van der Waals surface area contributed by atoms with Crippen LogP contribution < -0.4 is 10.5 Å². The molecule has 0 atom stereocenters. The Bertz CT molecular complexity index is 714. The molecule has 2 aromatic rings. The van der Waals surface area contributed by atoms with E-state index in [0.29, 0.717) is 11.4 Å². The summed E-state index contributed by atoms with van der Waals surface area (Å²) < 4.78 is 31.8. The maximum atomic E-state index is 13.2. The second kappa shape index (κ2) is 7.04. The maximum Gasteiger partial charge on any atom is 0.243 e. The monoisotopic (exact) mass is 320 g/mol. The number of nitrogens with zero attached hydrogens (tertiary/aromatic N) is 3. The fraction of sp³-hybridized carbons (Fsp3) is 0.250. The van der Waals surface area contributed by atoms with Crippen molar-refractivity contribution in [3.8, 4) is 11.6 Å². The summed E-state index contributed by atoms with van der Waals surface area (Å²) in [5.41, 5.74) is 7.31. The van der Waals surface area contributed by atoms with Crippen molar-refractivity contribution >= 4 is 17.7 Å². The normalized spacial score (nSPS) is 11.0. The van der Waals surface area contributed by atoms with Crippen molar-refractivity contribution in [1.29, 1.82) is 0 Å². The van der Waals surface area contributed by atoms with Crippen LogP contribution in [0.5, 0.6) is 11.6 Å². The van der Waals surface area contributed by atoms with Gasteiger partial charge in [0.25, 0.3) is 0 Å². The molecular formula is C16H18F2N4O. The van der Waals surface area contributed by atoms with Gasteiger partial charge in [-0.3, -0.25) is 0 Å². The van der Waals surface area contributed by atoms with E-state index in [-0.39, 0.29) is 17.3 Å². The van der Waals surface area contributed by atoms with E-state index in [1.54, 1.807) is 19.3 Å². The predicted molar refractivity (Wildman–Crippen MR) is 86.3 cm³/mol. The summed E-state index contributed by atoms with van der Waals surface area (Å²) >= 11 is 0. The number of nitrogen functional groups attached to an aromatic ring is 1. The van der Waals surface area contributed by atoms with Crippen molar-refractivity contribution in [1.82, 2.24) is 9.88 Å². The average molecular weight is 320 g/mol. The lowest BCUT2D eigenvalue weighted by atomic mass is 10.3. The predicted octanol–water partition coefficient (Wildman–Crippen LogP) is 3.65. The Hall–Kier alpha value is -2.70. The van der Waals surface area contributed by atoms with Gasteiger partial charge in [-0.25, -0.2) is 18.8 Å². The zero-order chi connectivity index (χ0) is 17.0. The minimum Gasteiger partial charge on any atom is -0.437 e. The van der Waals surface area contributed by atoms with Crippen LogP contribution in [-0.4, -0.2) is 29.8 Å². The van der Waals surface area contributed by atoms with Crippen LogP contribution >= 0.6 is 0 Å². The van der Waals surface area contributed by atoms with Gasteiger partial charge in [0, 0.05) is 31.8 Å². The first kappa shape index (κ1) is 16.7. The van der Waals surface area contributed by atoms with E-state index in [4.69, 9.17) is 10.5 Å². The fourth-order valence-corrected chi connectivity index (χ4v) is 1.74. The van der Waals surface area contributed by atoms with Gasteiger partial charge in [-0.2, -0.15) is 0 Å². The number of aromatic nitrogens is 1. The molecule has 5 nitrogen and oxygen atoms in total. The molecule has 0 radical (unpaired) electrons. The Balaban J connectivity index is 2.27. The first-order valence-corrected chi connectivity index (χ1v) is 7.04. The molecule has 0 aliphatic heterocycles. The number of aliphatic imine (C=N–C) groups is 1. The average Bonchev–Trinajstić information content (AvgIpc) is 2.47. The van der Waals surface area contributed by atoms with Crippen LogP contribution in [0.4, 0.5) is 20.2 Å². The molecule has 0 fully saturated rings. The van der Waals surface area contributed by atoms with Gasteiger partial charge in [0.1, 0.15) is 17.4 Å². The molecular weight excluding hydrogens is 302 g/mol. The number of pyridine rings is 1. The molecule has 7 heteroatoms. The smallest absolute Gasteiger partial charge is 0.243 e. The molecule has 2 rings (SSSR count). The van der Waals surface area contributed by atoms with Crippen LogP contribution in [0, 0.1) is 18.6 Å². The van der Waals surface area contributed by atoms with Crippen LogP contribution in [0.3, 0.4) is 0 Å². The highest BCUT2D eigenvalue weighted by Crippen LogP contribution is 2.31. The van der Waals surface area contributed by atoms with Gasteiger partial charge in [-0.05, 0) is 19.9 Å².